The lowest BCUT2D eigenvalue weighted by Crippen LogP contribution is -2.44. The molecule has 3 aromatic rings. The normalized spacial score (nSPS) is 25.6. The van der Waals surface area contributed by atoms with E-state index in [0.29, 0.717) is 42.6 Å². The Bertz CT molecular complexity index is 1200. The summed E-state index contributed by atoms with van der Waals surface area (Å²) in [5.41, 5.74) is 1.04. The predicted octanol–water partition coefficient (Wildman–Crippen LogP) is 4.01. The molecule has 1 N–H and O–H groups in total. The first-order valence-electron chi connectivity index (χ1n) is 10.8. The van der Waals surface area contributed by atoms with Gasteiger partial charge in [0.2, 0.25) is 5.91 Å². The van der Waals surface area contributed by atoms with Crippen LogP contribution >= 0.6 is 11.6 Å². The Balaban J connectivity index is 1.28. The van der Waals surface area contributed by atoms with Gasteiger partial charge in [-0.3, -0.25) is 9.59 Å². The molecule has 0 bridgehead atoms. The molecule has 1 atom stereocenters. The monoisotopic (exact) mass is 455 g/mol. The van der Waals surface area contributed by atoms with Gasteiger partial charge in [0.1, 0.15) is 11.4 Å². The van der Waals surface area contributed by atoms with Crippen LogP contribution in [0.4, 0.5) is 10.1 Å². The number of nitrogens with one attached hydrogen (secondary N) is 1. The number of aromatic nitrogens is 3. The van der Waals surface area contributed by atoms with Crippen molar-refractivity contribution in [1.29, 1.82) is 0 Å². The molecule has 1 spiro atoms. The van der Waals surface area contributed by atoms with Crippen LogP contribution in [0.1, 0.15) is 49.4 Å². The number of carbonyl (C=O) groups excluding carboxylic acids is 2. The minimum atomic E-state index is -0.468. The molecular formula is C23H23ClFN5O2. The minimum Gasteiger partial charge on any atom is -0.349 e. The Kier molecular flexibility index (Phi) is 5.12. The first-order valence-corrected chi connectivity index (χ1v) is 11.1. The standard InChI is InChI=1S/C23H23ClFN5O2/c1-14-12-23(22(32)30(14)19-4-3-15(25)11-18(19)24)7-5-16(6-8-23)28-21(31)17-13-27-29-10-2-9-26-20(17)29/h2-4,9-11,13-14,16H,5-8,12H2,1H3,(H,28,31)/t14?,16-,23-. The van der Waals surface area contributed by atoms with Crippen LogP contribution in [-0.2, 0) is 4.79 Å². The molecule has 7 nitrogen and oxygen atoms in total. The largest absolute Gasteiger partial charge is 0.349 e. The van der Waals surface area contributed by atoms with Crippen molar-refractivity contribution in [3.63, 3.8) is 0 Å². The van der Waals surface area contributed by atoms with Crippen LogP contribution in [-0.4, -0.2) is 38.5 Å². The van der Waals surface area contributed by atoms with E-state index in [1.54, 1.807) is 33.9 Å². The highest BCUT2D eigenvalue weighted by Gasteiger charge is 2.52. The van der Waals surface area contributed by atoms with E-state index in [1.165, 1.54) is 18.3 Å². The Morgan fingerprint density at radius 1 is 1.31 bits per heavy atom. The molecule has 1 saturated carbocycles. The fourth-order valence-electron chi connectivity index (χ4n) is 5.21. The van der Waals surface area contributed by atoms with Crippen molar-refractivity contribution >= 4 is 34.7 Å². The number of benzene rings is 1. The number of amides is 2. The summed E-state index contributed by atoms with van der Waals surface area (Å²) < 4.78 is 15.0. The smallest absolute Gasteiger partial charge is 0.256 e. The number of fused-ring (bicyclic) bond motifs is 1. The summed E-state index contributed by atoms with van der Waals surface area (Å²) in [5, 5.41) is 7.49. The summed E-state index contributed by atoms with van der Waals surface area (Å²) in [6.45, 7) is 2.00. The van der Waals surface area contributed by atoms with Gasteiger partial charge < -0.3 is 10.2 Å². The van der Waals surface area contributed by atoms with E-state index in [-0.39, 0.29) is 28.9 Å². The SMILES string of the molecule is CC1C[C@]2(CC[C@@H](NC(=O)c3cnn4cccnc34)CC2)C(=O)N1c1ccc(F)cc1Cl. The summed E-state index contributed by atoms with van der Waals surface area (Å²) in [4.78, 5) is 32.2. The molecule has 32 heavy (non-hydrogen) atoms. The Hall–Kier alpha value is -3.00. The molecule has 2 aromatic heterocycles. The van der Waals surface area contributed by atoms with E-state index >= 15 is 0 Å². The Labute approximate surface area is 189 Å². The fourth-order valence-corrected chi connectivity index (χ4v) is 5.46. The van der Waals surface area contributed by atoms with Crippen molar-refractivity contribution < 1.29 is 14.0 Å². The van der Waals surface area contributed by atoms with Crippen molar-refractivity contribution in [2.45, 2.75) is 51.1 Å². The van der Waals surface area contributed by atoms with E-state index in [2.05, 4.69) is 15.4 Å². The van der Waals surface area contributed by atoms with E-state index in [4.69, 9.17) is 11.6 Å². The van der Waals surface area contributed by atoms with Gasteiger partial charge in [0.15, 0.2) is 5.65 Å². The van der Waals surface area contributed by atoms with Crippen molar-refractivity contribution in [3.05, 3.63) is 59.3 Å². The average Bonchev–Trinajstić information content (AvgIpc) is 3.30. The summed E-state index contributed by atoms with van der Waals surface area (Å²) >= 11 is 6.25. The molecule has 166 valence electrons. The van der Waals surface area contributed by atoms with Crippen LogP contribution in [0, 0.1) is 11.2 Å². The number of rotatable bonds is 3. The van der Waals surface area contributed by atoms with Gasteiger partial charge in [-0.25, -0.2) is 13.9 Å². The zero-order valence-corrected chi connectivity index (χ0v) is 18.3. The molecular weight excluding hydrogens is 433 g/mol. The second-order valence-corrected chi connectivity index (χ2v) is 9.21. The lowest BCUT2D eigenvalue weighted by molar-refractivity contribution is -0.127. The van der Waals surface area contributed by atoms with Gasteiger partial charge in [-0.2, -0.15) is 5.10 Å². The van der Waals surface area contributed by atoms with Gasteiger partial charge >= 0.3 is 0 Å². The maximum Gasteiger partial charge on any atom is 0.256 e. The van der Waals surface area contributed by atoms with Crippen molar-refractivity contribution in [3.8, 4) is 0 Å². The van der Waals surface area contributed by atoms with Gasteiger partial charge in [0.25, 0.3) is 5.91 Å². The number of hydrogen-bond acceptors (Lipinski definition) is 4. The molecule has 2 aliphatic rings. The molecule has 1 unspecified atom stereocenters. The number of hydrogen-bond donors (Lipinski definition) is 1. The van der Waals surface area contributed by atoms with Crippen LogP contribution in [0.15, 0.2) is 42.9 Å². The predicted molar refractivity (Wildman–Crippen MR) is 118 cm³/mol. The van der Waals surface area contributed by atoms with Gasteiger partial charge in [-0.15, -0.1) is 0 Å². The van der Waals surface area contributed by atoms with E-state index in [1.807, 2.05) is 6.92 Å². The fraction of sp³-hybridized carbons (Fsp3) is 0.391. The minimum absolute atomic E-state index is 0.0154. The molecule has 3 heterocycles. The first-order chi connectivity index (χ1) is 15.4. The first kappa shape index (κ1) is 20.9. The van der Waals surface area contributed by atoms with Crippen LogP contribution in [0.25, 0.3) is 5.65 Å². The Morgan fingerprint density at radius 2 is 2.09 bits per heavy atom. The molecule has 1 saturated heterocycles. The quantitative estimate of drug-likeness (QED) is 0.647. The van der Waals surface area contributed by atoms with Crippen LogP contribution in [0.3, 0.4) is 0 Å². The van der Waals surface area contributed by atoms with Crippen LogP contribution in [0.5, 0.6) is 0 Å². The topological polar surface area (TPSA) is 79.6 Å². The summed E-state index contributed by atoms with van der Waals surface area (Å²) in [6, 6.07) is 5.85. The highest BCUT2D eigenvalue weighted by molar-refractivity contribution is 6.34. The van der Waals surface area contributed by atoms with Gasteiger partial charge in [0.05, 0.1) is 22.3 Å². The zero-order valence-electron chi connectivity index (χ0n) is 17.6. The summed E-state index contributed by atoms with van der Waals surface area (Å²) in [7, 11) is 0. The highest BCUT2D eigenvalue weighted by Crippen LogP contribution is 2.49. The second kappa shape index (κ2) is 7.85. The highest BCUT2D eigenvalue weighted by atomic mass is 35.5. The number of halogens is 2. The molecule has 2 amide bonds. The van der Waals surface area contributed by atoms with E-state index in [9.17, 15) is 14.0 Å². The molecule has 0 radical (unpaired) electrons. The zero-order chi connectivity index (χ0) is 22.5. The third-order valence-corrected chi connectivity index (χ3v) is 7.07. The maximum absolute atomic E-state index is 13.5. The second-order valence-electron chi connectivity index (χ2n) is 8.80. The van der Waals surface area contributed by atoms with E-state index in [0.717, 1.165) is 6.42 Å². The Morgan fingerprint density at radius 3 is 2.84 bits per heavy atom. The third-order valence-electron chi connectivity index (χ3n) is 6.77. The lowest BCUT2D eigenvalue weighted by atomic mass is 9.70. The summed E-state index contributed by atoms with van der Waals surface area (Å²) in [5.74, 6) is -0.592. The van der Waals surface area contributed by atoms with Gasteiger partial charge in [-0.1, -0.05) is 11.6 Å². The molecule has 2 fully saturated rings. The molecule has 5 rings (SSSR count). The van der Waals surface area contributed by atoms with E-state index < -0.39 is 11.2 Å². The van der Waals surface area contributed by atoms with Crippen LogP contribution in [0.2, 0.25) is 5.02 Å². The number of nitrogens with zero attached hydrogens (tertiary/aromatic N) is 4. The van der Waals surface area contributed by atoms with Crippen molar-refractivity contribution in [2.24, 2.45) is 5.41 Å². The molecule has 1 aliphatic carbocycles. The lowest BCUT2D eigenvalue weighted by Gasteiger charge is -2.36. The third kappa shape index (κ3) is 3.43. The molecule has 1 aliphatic heterocycles. The van der Waals surface area contributed by atoms with Crippen molar-refractivity contribution in [2.75, 3.05) is 4.90 Å². The number of anilines is 1. The van der Waals surface area contributed by atoms with Gasteiger partial charge in [-0.05, 0) is 63.3 Å². The van der Waals surface area contributed by atoms with Crippen molar-refractivity contribution in [1.82, 2.24) is 19.9 Å². The molecule has 1 aromatic carbocycles. The molecule has 9 heteroatoms. The number of carbonyl (C=O) groups is 2. The van der Waals surface area contributed by atoms with Gasteiger partial charge in [0, 0.05) is 24.5 Å². The maximum atomic E-state index is 13.5. The average molecular weight is 456 g/mol. The van der Waals surface area contributed by atoms with Crippen LogP contribution < -0.4 is 10.2 Å². The summed E-state index contributed by atoms with van der Waals surface area (Å²) in [6.07, 6.45) is 8.41.